The standard InChI is InChI=1S/C19H23FN4O2/c1-19(2,3)26-18(25)24-8-4-13(5-9-24)17-15(10-14(20)11-23-17)16-12-21-6-7-22-16/h6-7,10-13H,4-5,8-9H2,1-3H3. The molecule has 0 radical (unpaired) electrons. The topological polar surface area (TPSA) is 68.2 Å². The molecule has 7 heteroatoms. The van der Waals surface area contributed by atoms with Gasteiger partial charge in [-0.15, -0.1) is 0 Å². The van der Waals surface area contributed by atoms with Crippen molar-refractivity contribution in [2.24, 2.45) is 0 Å². The van der Waals surface area contributed by atoms with E-state index in [-0.39, 0.29) is 12.0 Å². The minimum absolute atomic E-state index is 0.131. The highest BCUT2D eigenvalue weighted by Gasteiger charge is 2.29. The Kier molecular flexibility index (Phi) is 5.15. The van der Waals surface area contributed by atoms with Crippen LogP contribution in [0.25, 0.3) is 11.3 Å². The Morgan fingerprint density at radius 3 is 2.54 bits per heavy atom. The van der Waals surface area contributed by atoms with Crippen molar-refractivity contribution in [3.8, 4) is 11.3 Å². The highest BCUT2D eigenvalue weighted by Crippen LogP contribution is 2.33. The number of amides is 1. The smallest absolute Gasteiger partial charge is 0.410 e. The summed E-state index contributed by atoms with van der Waals surface area (Å²) in [5.74, 6) is -0.271. The van der Waals surface area contributed by atoms with Crippen LogP contribution in [0.3, 0.4) is 0 Å². The van der Waals surface area contributed by atoms with Gasteiger partial charge in [0.1, 0.15) is 11.4 Å². The minimum Gasteiger partial charge on any atom is -0.444 e. The van der Waals surface area contributed by atoms with Crippen LogP contribution >= 0.6 is 0 Å². The van der Waals surface area contributed by atoms with Crippen molar-refractivity contribution in [3.05, 3.63) is 42.4 Å². The van der Waals surface area contributed by atoms with E-state index in [4.69, 9.17) is 4.74 Å². The maximum atomic E-state index is 13.7. The highest BCUT2D eigenvalue weighted by molar-refractivity contribution is 5.68. The molecule has 0 bridgehead atoms. The van der Waals surface area contributed by atoms with Gasteiger partial charge in [-0.05, 0) is 39.7 Å². The number of hydrogen-bond acceptors (Lipinski definition) is 5. The second kappa shape index (κ2) is 7.35. The van der Waals surface area contributed by atoms with E-state index in [1.807, 2.05) is 20.8 Å². The number of aromatic nitrogens is 3. The van der Waals surface area contributed by atoms with Gasteiger partial charge in [-0.1, -0.05) is 0 Å². The third-order valence-corrected chi connectivity index (χ3v) is 4.26. The molecule has 1 aliphatic rings. The van der Waals surface area contributed by atoms with Gasteiger partial charge in [0.05, 0.1) is 23.8 Å². The fourth-order valence-electron chi connectivity index (χ4n) is 3.08. The first kappa shape index (κ1) is 18.2. The largest absolute Gasteiger partial charge is 0.444 e. The predicted octanol–water partition coefficient (Wildman–Crippen LogP) is 3.79. The van der Waals surface area contributed by atoms with Gasteiger partial charge >= 0.3 is 6.09 Å². The number of rotatable bonds is 2. The monoisotopic (exact) mass is 358 g/mol. The lowest BCUT2D eigenvalue weighted by Crippen LogP contribution is -2.41. The number of hydrogen-bond donors (Lipinski definition) is 0. The van der Waals surface area contributed by atoms with Crippen molar-refractivity contribution < 1.29 is 13.9 Å². The van der Waals surface area contributed by atoms with Gasteiger partial charge in [0, 0.05) is 37.0 Å². The second-order valence-corrected chi connectivity index (χ2v) is 7.42. The molecule has 1 saturated heterocycles. The van der Waals surface area contributed by atoms with Crippen LogP contribution in [0.5, 0.6) is 0 Å². The fourth-order valence-corrected chi connectivity index (χ4v) is 3.08. The van der Waals surface area contributed by atoms with Crippen LogP contribution < -0.4 is 0 Å². The zero-order valence-electron chi connectivity index (χ0n) is 15.3. The molecular formula is C19H23FN4O2. The molecule has 0 spiro atoms. The number of nitrogens with zero attached hydrogens (tertiary/aromatic N) is 4. The maximum Gasteiger partial charge on any atom is 0.410 e. The van der Waals surface area contributed by atoms with Crippen molar-refractivity contribution in [2.45, 2.75) is 45.1 Å². The van der Waals surface area contributed by atoms with E-state index in [1.54, 1.807) is 23.5 Å². The first-order valence-electron chi connectivity index (χ1n) is 8.73. The van der Waals surface area contributed by atoms with E-state index >= 15 is 0 Å². The lowest BCUT2D eigenvalue weighted by Gasteiger charge is -2.33. The molecule has 3 heterocycles. The van der Waals surface area contributed by atoms with Gasteiger partial charge in [0.15, 0.2) is 0 Å². The number of carbonyl (C=O) groups excluding carboxylic acids is 1. The molecule has 0 saturated carbocycles. The zero-order valence-corrected chi connectivity index (χ0v) is 15.3. The number of likely N-dealkylation sites (tertiary alicyclic amines) is 1. The van der Waals surface area contributed by atoms with Gasteiger partial charge in [0.2, 0.25) is 0 Å². The molecule has 1 amide bonds. The summed E-state index contributed by atoms with van der Waals surface area (Å²) in [6.45, 7) is 6.73. The summed E-state index contributed by atoms with van der Waals surface area (Å²) in [4.78, 5) is 26.6. The van der Waals surface area contributed by atoms with Gasteiger partial charge in [-0.25, -0.2) is 9.18 Å². The van der Waals surface area contributed by atoms with Crippen molar-refractivity contribution in [2.75, 3.05) is 13.1 Å². The van der Waals surface area contributed by atoms with E-state index in [0.717, 1.165) is 18.5 Å². The van der Waals surface area contributed by atoms with Crippen molar-refractivity contribution in [3.63, 3.8) is 0 Å². The fraction of sp³-hybridized carbons (Fsp3) is 0.474. The third kappa shape index (κ3) is 4.33. The average molecular weight is 358 g/mol. The van der Waals surface area contributed by atoms with E-state index in [9.17, 15) is 9.18 Å². The summed E-state index contributed by atoms with van der Waals surface area (Å²) in [5.41, 5.74) is 1.56. The Balaban J connectivity index is 1.75. The Bertz CT molecular complexity index is 769. The highest BCUT2D eigenvalue weighted by atomic mass is 19.1. The number of piperidine rings is 1. The summed E-state index contributed by atoms with van der Waals surface area (Å²) < 4.78 is 19.2. The van der Waals surface area contributed by atoms with Gasteiger partial charge in [-0.3, -0.25) is 15.0 Å². The van der Waals surface area contributed by atoms with Crippen LogP contribution in [0.2, 0.25) is 0 Å². The Morgan fingerprint density at radius 2 is 1.92 bits per heavy atom. The van der Waals surface area contributed by atoms with E-state index in [0.29, 0.717) is 24.3 Å². The molecule has 0 atom stereocenters. The molecule has 2 aromatic heterocycles. The van der Waals surface area contributed by atoms with E-state index < -0.39 is 11.4 Å². The van der Waals surface area contributed by atoms with Crippen molar-refractivity contribution in [1.82, 2.24) is 19.9 Å². The average Bonchev–Trinajstić information content (AvgIpc) is 2.61. The Morgan fingerprint density at radius 1 is 1.19 bits per heavy atom. The molecule has 0 N–H and O–H groups in total. The summed E-state index contributed by atoms with van der Waals surface area (Å²) in [5, 5.41) is 0. The molecule has 138 valence electrons. The van der Waals surface area contributed by atoms with Crippen LogP contribution in [0.1, 0.15) is 45.2 Å². The van der Waals surface area contributed by atoms with Gasteiger partial charge in [0.25, 0.3) is 0 Å². The third-order valence-electron chi connectivity index (χ3n) is 4.26. The maximum absolute atomic E-state index is 13.7. The summed E-state index contributed by atoms with van der Waals surface area (Å²) >= 11 is 0. The van der Waals surface area contributed by atoms with Gasteiger partial charge in [-0.2, -0.15) is 0 Å². The molecule has 0 unspecified atom stereocenters. The summed E-state index contributed by atoms with van der Waals surface area (Å²) in [6, 6.07) is 1.45. The molecule has 6 nitrogen and oxygen atoms in total. The number of pyridine rings is 1. The van der Waals surface area contributed by atoms with E-state index in [2.05, 4.69) is 15.0 Å². The lowest BCUT2D eigenvalue weighted by atomic mass is 9.89. The van der Waals surface area contributed by atoms with Crippen molar-refractivity contribution in [1.29, 1.82) is 0 Å². The summed E-state index contributed by atoms with van der Waals surface area (Å²) in [7, 11) is 0. The summed E-state index contributed by atoms with van der Waals surface area (Å²) in [6.07, 6.45) is 7.18. The second-order valence-electron chi connectivity index (χ2n) is 7.42. The normalized spacial score (nSPS) is 15.8. The predicted molar refractivity (Wildman–Crippen MR) is 95.0 cm³/mol. The molecule has 0 aliphatic carbocycles. The van der Waals surface area contributed by atoms with E-state index in [1.165, 1.54) is 12.3 Å². The molecular weight excluding hydrogens is 335 g/mol. The quantitative estimate of drug-likeness (QED) is 0.817. The SMILES string of the molecule is CC(C)(C)OC(=O)N1CCC(c2ncc(F)cc2-c2cnccn2)CC1. The number of ether oxygens (including phenoxy) is 1. The molecule has 0 aromatic carbocycles. The first-order chi connectivity index (χ1) is 12.3. The zero-order chi connectivity index (χ0) is 18.7. The molecule has 3 rings (SSSR count). The number of halogens is 1. The van der Waals surface area contributed by atoms with Crippen LogP contribution in [-0.2, 0) is 4.74 Å². The Labute approximate surface area is 152 Å². The molecule has 1 aliphatic heterocycles. The minimum atomic E-state index is -0.508. The van der Waals surface area contributed by atoms with Crippen LogP contribution in [0.4, 0.5) is 9.18 Å². The van der Waals surface area contributed by atoms with Crippen LogP contribution in [0, 0.1) is 5.82 Å². The molecule has 1 fully saturated rings. The first-order valence-corrected chi connectivity index (χ1v) is 8.73. The van der Waals surface area contributed by atoms with Crippen molar-refractivity contribution >= 4 is 6.09 Å². The molecule has 26 heavy (non-hydrogen) atoms. The lowest BCUT2D eigenvalue weighted by molar-refractivity contribution is 0.0204. The van der Waals surface area contributed by atoms with Crippen LogP contribution in [0.15, 0.2) is 30.9 Å². The number of carbonyl (C=O) groups is 1. The Hall–Kier alpha value is -2.57. The van der Waals surface area contributed by atoms with Gasteiger partial charge < -0.3 is 9.64 Å². The molecule has 2 aromatic rings. The van der Waals surface area contributed by atoms with Crippen LogP contribution in [-0.4, -0.2) is 44.6 Å².